The summed E-state index contributed by atoms with van der Waals surface area (Å²) in [6, 6.07) is 0. The number of hydrogen-bond donors (Lipinski definition) is 0. The van der Waals surface area contributed by atoms with Crippen molar-refractivity contribution >= 4 is 22.6 Å². The molecule has 0 saturated carbocycles. The molecule has 0 saturated heterocycles. The van der Waals surface area contributed by atoms with Crippen molar-refractivity contribution in [2.75, 3.05) is 0 Å². The third kappa shape index (κ3) is 1.34. The van der Waals surface area contributed by atoms with Gasteiger partial charge in [-0.3, -0.25) is 0 Å². The summed E-state index contributed by atoms with van der Waals surface area (Å²) < 4.78 is 0.729. The van der Waals surface area contributed by atoms with E-state index in [-0.39, 0.29) is 0 Å². The van der Waals surface area contributed by atoms with Crippen LogP contribution in [-0.2, 0) is 0 Å². The maximum Gasteiger partial charge on any atom is 0.193 e. The largest absolute Gasteiger partial charge is 0.225 e. The van der Waals surface area contributed by atoms with E-state index in [1.807, 2.05) is 22.6 Å². The Morgan fingerprint density at radius 1 is 1.29 bits per heavy atom. The third-order valence-corrected chi connectivity index (χ3v) is 1.02. The van der Waals surface area contributed by atoms with Crippen LogP contribution in [0.3, 0.4) is 0 Å². The summed E-state index contributed by atoms with van der Waals surface area (Å²) in [7, 11) is 0. The van der Waals surface area contributed by atoms with Crippen molar-refractivity contribution in [2.45, 2.75) is 0 Å². The highest BCUT2D eigenvalue weighted by molar-refractivity contribution is 14.1. The van der Waals surface area contributed by atoms with Crippen molar-refractivity contribution in [3.63, 3.8) is 0 Å². The molecule has 36 valence electrons. The molecule has 0 unspecified atom stereocenters. The van der Waals surface area contributed by atoms with Gasteiger partial charge in [0, 0.05) is 22.6 Å². The predicted molar refractivity (Wildman–Crippen MR) is 32.5 cm³/mol. The van der Waals surface area contributed by atoms with E-state index >= 15 is 0 Å². The number of hydrogen-bond acceptors (Lipinski definition) is 3. The molecule has 0 aliphatic heterocycles. The van der Waals surface area contributed by atoms with Gasteiger partial charge < -0.3 is 0 Å². The highest BCUT2D eigenvalue weighted by Crippen LogP contribution is 1.87. The van der Waals surface area contributed by atoms with Crippen molar-refractivity contribution in [1.29, 1.82) is 0 Å². The minimum Gasteiger partial charge on any atom is -0.225 e. The fraction of sp³-hybridized carbons (Fsp3) is 0. The van der Waals surface area contributed by atoms with Crippen LogP contribution in [-0.4, -0.2) is 15.0 Å². The lowest BCUT2D eigenvalue weighted by molar-refractivity contribution is 1.00. The lowest BCUT2D eigenvalue weighted by Gasteiger charge is -1.78. The maximum absolute atomic E-state index is 3.74. The van der Waals surface area contributed by atoms with Crippen molar-refractivity contribution in [1.82, 2.24) is 15.0 Å². The molecular weight excluding hydrogens is 205 g/mol. The quantitative estimate of drug-likeness (QED) is 0.580. The Balaban J connectivity index is 3.02. The first-order valence-corrected chi connectivity index (χ1v) is 2.75. The van der Waals surface area contributed by atoms with Crippen LogP contribution in [0.5, 0.6) is 0 Å². The Morgan fingerprint density at radius 2 is 1.86 bits per heavy atom. The van der Waals surface area contributed by atoms with Crippen molar-refractivity contribution < 1.29 is 0 Å². The Morgan fingerprint density at radius 3 is 2.14 bits per heavy atom. The molecular formula is C3H2IN3. The fourth-order valence-electron chi connectivity index (χ4n) is 0.225. The van der Waals surface area contributed by atoms with Gasteiger partial charge in [0.1, 0.15) is 12.7 Å². The van der Waals surface area contributed by atoms with Crippen LogP contribution in [0.4, 0.5) is 0 Å². The van der Waals surface area contributed by atoms with E-state index in [4.69, 9.17) is 0 Å². The smallest absolute Gasteiger partial charge is 0.193 e. The number of halogens is 1. The summed E-state index contributed by atoms with van der Waals surface area (Å²) >= 11 is 2.02. The van der Waals surface area contributed by atoms with Crippen molar-refractivity contribution in [3.8, 4) is 0 Å². The fourth-order valence-corrected chi connectivity index (χ4v) is 0.474. The van der Waals surface area contributed by atoms with E-state index in [0.29, 0.717) is 0 Å². The zero-order chi connectivity index (χ0) is 5.11. The second-order valence-corrected chi connectivity index (χ2v) is 1.87. The van der Waals surface area contributed by atoms with Crippen LogP contribution in [0.2, 0.25) is 0 Å². The number of rotatable bonds is 0. The highest BCUT2D eigenvalue weighted by Gasteiger charge is 1.78. The highest BCUT2D eigenvalue weighted by atomic mass is 127. The number of nitrogens with zero attached hydrogens (tertiary/aromatic N) is 3. The Hall–Kier alpha value is -0.260. The lowest BCUT2D eigenvalue weighted by Crippen LogP contribution is -1.83. The van der Waals surface area contributed by atoms with E-state index in [0.717, 1.165) is 3.83 Å². The molecule has 1 rings (SSSR count). The van der Waals surface area contributed by atoms with Crippen LogP contribution in [0.25, 0.3) is 0 Å². The second-order valence-electron chi connectivity index (χ2n) is 0.907. The summed E-state index contributed by atoms with van der Waals surface area (Å²) in [5, 5.41) is 0. The molecule has 0 bridgehead atoms. The van der Waals surface area contributed by atoms with E-state index in [1.165, 1.54) is 12.7 Å². The van der Waals surface area contributed by atoms with Crippen molar-refractivity contribution in [2.24, 2.45) is 0 Å². The molecule has 0 amide bonds. The first-order valence-electron chi connectivity index (χ1n) is 1.67. The van der Waals surface area contributed by atoms with Crippen molar-refractivity contribution in [3.05, 3.63) is 16.5 Å². The van der Waals surface area contributed by atoms with Crippen LogP contribution < -0.4 is 0 Å². The first kappa shape index (κ1) is 4.89. The summed E-state index contributed by atoms with van der Waals surface area (Å²) in [6.07, 6.45) is 2.93. The van der Waals surface area contributed by atoms with Gasteiger partial charge in [0.05, 0.1) is 0 Å². The van der Waals surface area contributed by atoms with Gasteiger partial charge in [-0.15, -0.1) is 0 Å². The van der Waals surface area contributed by atoms with Gasteiger partial charge in [0.15, 0.2) is 3.83 Å². The third-order valence-electron chi connectivity index (χ3n) is 0.462. The van der Waals surface area contributed by atoms with Gasteiger partial charge in [-0.25, -0.2) is 15.0 Å². The Kier molecular flexibility index (Phi) is 1.50. The summed E-state index contributed by atoms with van der Waals surface area (Å²) in [6.45, 7) is 0. The molecule has 0 N–H and O–H groups in total. The number of aromatic nitrogens is 3. The molecule has 1 aromatic rings. The molecule has 0 aliphatic carbocycles. The van der Waals surface area contributed by atoms with Gasteiger partial charge in [-0.2, -0.15) is 0 Å². The van der Waals surface area contributed by atoms with E-state index < -0.39 is 0 Å². The minimum absolute atomic E-state index is 0.729. The van der Waals surface area contributed by atoms with E-state index in [1.54, 1.807) is 0 Å². The second kappa shape index (κ2) is 2.15. The molecule has 4 heteroatoms. The van der Waals surface area contributed by atoms with E-state index in [2.05, 4.69) is 15.0 Å². The summed E-state index contributed by atoms with van der Waals surface area (Å²) in [4.78, 5) is 11.1. The van der Waals surface area contributed by atoms with Crippen LogP contribution in [0.1, 0.15) is 0 Å². The van der Waals surface area contributed by atoms with Crippen LogP contribution >= 0.6 is 22.6 Å². The van der Waals surface area contributed by atoms with Gasteiger partial charge in [0.2, 0.25) is 0 Å². The molecule has 1 heterocycles. The average molecular weight is 207 g/mol. The molecule has 7 heavy (non-hydrogen) atoms. The van der Waals surface area contributed by atoms with Gasteiger partial charge in [-0.1, -0.05) is 0 Å². The molecule has 0 radical (unpaired) electrons. The molecule has 0 aliphatic rings. The first-order chi connectivity index (χ1) is 3.39. The van der Waals surface area contributed by atoms with E-state index in [9.17, 15) is 0 Å². The standard InChI is InChI=1S/C3H2IN3/c4-3-6-1-5-2-7-3/h1-2H. The van der Waals surface area contributed by atoms with Gasteiger partial charge >= 0.3 is 0 Å². The van der Waals surface area contributed by atoms with Gasteiger partial charge in [0.25, 0.3) is 0 Å². The van der Waals surface area contributed by atoms with Crippen LogP contribution in [0, 0.1) is 3.83 Å². The monoisotopic (exact) mass is 207 g/mol. The summed E-state index contributed by atoms with van der Waals surface area (Å²) in [5.41, 5.74) is 0. The lowest BCUT2D eigenvalue weighted by atomic mass is 11.1. The molecule has 3 nitrogen and oxygen atoms in total. The zero-order valence-corrected chi connectivity index (χ0v) is 5.53. The molecule has 1 aromatic heterocycles. The predicted octanol–water partition coefficient (Wildman–Crippen LogP) is 0.476. The normalized spacial score (nSPS) is 8.71. The molecule has 0 atom stereocenters. The molecule has 0 aromatic carbocycles. The topological polar surface area (TPSA) is 38.7 Å². The SMILES string of the molecule is Ic1ncncn1. The molecule has 0 fully saturated rings. The summed E-state index contributed by atoms with van der Waals surface area (Å²) in [5.74, 6) is 0. The minimum atomic E-state index is 0.729. The Bertz CT molecular complexity index is 140. The van der Waals surface area contributed by atoms with Crippen LogP contribution in [0.15, 0.2) is 12.7 Å². The zero-order valence-electron chi connectivity index (χ0n) is 3.37. The maximum atomic E-state index is 3.74. The molecule has 0 spiro atoms. The Labute approximate surface area is 54.4 Å². The average Bonchev–Trinajstić information content (AvgIpc) is 1.69. The van der Waals surface area contributed by atoms with Gasteiger partial charge in [-0.05, 0) is 0 Å².